The van der Waals surface area contributed by atoms with Gasteiger partial charge in [-0.1, -0.05) is 26.3 Å². The minimum absolute atomic E-state index is 0.212. The van der Waals surface area contributed by atoms with Gasteiger partial charge in [0.1, 0.15) is 0 Å². The van der Waals surface area contributed by atoms with Gasteiger partial charge in [-0.3, -0.25) is 0 Å². The predicted octanol–water partition coefficient (Wildman–Crippen LogP) is 1.90. The van der Waals surface area contributed by atoms with Crippen molar-refractivity contribution in [2.75, 3.05) is 0 Å². The van der Waals surface area contributed by atoms with Crippen molar-refractivity contribution in [2.24, 2.45) is 0 Å². The van der Waals surface area contributed by atoms with E-state index >= 15 is 0 Å². The Hall–Kier alpha value is -1.36. The standard InChI is InChI=1S/C12H20O5/c1-4-6-7-10(5-2)11(14)8-12(15)17-16-9(3)13/h7,11,14H,4-6,8H2,1-3H3/b10-7+. The van der Waals surface area contributed by atoms with Crippen LogP contribution in [-0.4, -0.2) is 23.1 Å². The fraction of sp³-hybridized carbons (Fsp3) is 0.667. The molecule has 0 aromatic rings. The molecule has 0 heterocycles. The number of allylic oxidation sites excluding steroid dienone is 1. The van der Waals surface area contributed by atoms with Crippen LogP contribution in [-0.2, 0) is 19.4 Å². The highest BCUT2D eigenvalue weighted by Crippen LogP contribution is 2.13. The molecule has 0 aliphatic rings. The maximum absolute atomic E-state index is 11.2. The summed E-state index contributed by atoms with van der Waals surface area (Å²) < 4.78 is 0. The second-order valence-corrected chi connectivity index (χ2v) is 3.67. The van der Waals surface area contributed by atoms with Crippen molar-refractivity contribution < 1.29 is 24.5 Å². The molecular formula is C12H20O5. The summed E-state index contributed by atoms with van der Waals surface area (Å²) in [5, 5.41) is 9.76. The Bertz CT molecular complexity index is 283. The van der Waals surface area contributed by atoms with E-state index in [0.29, 0.717) is 6.42 Å². The Labute approximate surface area is 101 Å². The van der Waals surface area contributed by atoms with E-state index in [0.717, 1.165) is 25.3 Å². The van der Waals surface area contributed by atoms with Crippen molar-refractivity contribution in [2.45, 2.75) is 52.6 Å². The molecule has 5 nitrogen and oxygen atoms in total. The van der Waals surface area contributed by atoms with Crippen LogP contribution in [0.1, 0.15) is 46.5 Å². The van der Waals surface area contributed by atoms with Gasteiger partial charge in [0.25, 0.3) is 0 Å². The maximum atomic E-state index is 11.2. The minimum Gasteiger partial charge on any atom is -0.388 e. The lowest BCUT2D eigenvalue weighted by atomic mass is 10.0. The van der Waals surface area contributed by atoms with Crippen LogP contribution in [0.25, 0.3) is 0 Å². The largest absolute Gasteiger partial charge is 0.388 e. The number of hydrogen-bond donors (Lipinski definition) is 1. The van der Waals surface area contributed by atoms with Crippen LogP contribution in [0.2, 0.25) is 0 Å². The third kappa shape index (κ3) is 7.52. The molecule has 0 saturated heterocycles. The van der Waals surface area contributed by atoms with Gasteiger partial charge >= 0.3 is 11.9 Å². The molecule has 1 unspecified atom stereocenters. The van der Waals surface area contributed by atoms with E-state index in [1.807, 2.05) is 19.9 Å². The first-order valence-corrected chi connectivity index (χ1v) is 5.76. The van der Waals surface area contributed by atoms with Gasteiger partial charge in [0.05, 0.1) is 12.5 Å². The fourth-order valence-corrected chi connectivity index (χ4v) is 1.27. The number of hydrogen-bond acceptors (Lipinski definition) is 5. The Balaban J connectivity index is 4.16. The molecule has 1 N–H and O–H groups in total. The first kappa shape index (κ1) is 15.6. The van der Waals surface area contributed by atoms with Crippen molar-refractivity contribution in [3.8, 4) is 0 Å². The highest BCUT2D eigenvalue weighted by Gasteiger charge is 2.16. The molecule has 5 heteroatoms. The number of aliphatic hydroxyl groups excluding tert-OH is 1. The van der Waals surface area contributed by atoms with Crippen molar-refractivity contribution in [1.82, 2.24) is 0 Å². The maximum Gasteiger partial charge on any atom is 0.358 e. The lowest BCUT2D eigenvalue weighted by Crippen LogP contribution is -2.18. The van der Waals surface area contributed by atoms with E-state index in [4.69, 9.17) is 0 Å². The van der Waals surface area contributed by atoms with Crippen LogP contribution in [0.4, 0.5) is 0 Å². The molecule has 98 valence electrons. The first-order valence-electron chi connectivity index (χ1n) is 5.76. The molecule has 0 amide bonds. The Morgan fingerprint density at radius 1 is 1.29 bits per heavy atom. The summed E-state index contributed by atoms with van der Waals surface area (Å²) in [5.74, 6) is -1.46. The summed E-state index contributed by atoms with van der Waals surface area (Å²) in [6.45, 7) is 5.07. The molecule has 17 heavy (non-hydrogen) atoms. The van der Waals surface area contributed by atoms with Gasteiger partial charge in [0.2, 0.25) is 0 Å². The third-order valence-electron chi connectivity index (χ3n) is 2.14. The monoisotopic (exact) mass is 244 g/mol. The summed E-state index contributed by atoms with van der Waals surface area (Å²) in [6.07, 6.45) is 3.34. The van der Waals surface area contributed by atoms with E-state index in [9.17, 15) is 14.7 Å². The molecule has 0 rings (SSSR count). The van der Waals surface area contributed by atoms with Gasteiger partial charge in [0, 0.05) is 6.92 Å². The SMILES string of the molecule is CCC/C=C(\CC)C(O)CC(=O)OOC(C)=O. The Morgan fingerprint density at radius 3 is 2.41 bits per heavy atom. The predicted molar refractivity (Wildman–Crippen MR) is 61.8 cm³/mol. The van der Waals surface area contributed by atoms with Crippen LogP contribution < -0.4 is 0 Å². The summed E-state index contributed by atoms with van der Waals surface area (Å²) in [4.78, 5) is 29.8. The average molecular weight is 244 g/mol. The van der Waals surface area contributed by atoms with Gasteiger partial charge in [-0.15, -0.1) is 0 Å². The molecule has 1 atom stereocenters. The van der Waals surface area contributed by atoms with Crippen LogP contribution in [0.3, 0.4) is 0 Å². The number of unbranched alkanes of at least 4 members (excludes halogenated alkanes) is 1. The Morgan fingerprint density at radius 2 is 1.94 bits per heavy atom. The van der Waals surface area contributed by atoms with Gasteiger partial charge in [-0.05, 0) is 18.4 Å². The van der Waals surface area contributed by atoms with Crippen LogP contribution in [0.15, 0.2) is 11.6 Å². The second-order valence-electron chi connectivity index (χ2n) is 3.67. The Kier molecular flexibility index (Phi) is 8.05. The number of aliphatic hydroxyl groups is 1. The van der Waals surface area contributed by atoms with Crippen LogP contribution >= 0.6 is 0 Å². The summed E-state index contributed by atoms with van der Waals surface area (Å²) >= 11 is 0. The molecule has 0 bridgehead atoms. The van der Waals surface area contributed by atoms with Gasteiger partial charge in [-0.2, -0.15) is 0 Å². The van der Waals surface area contributed by atoms with Gasteiger partial charge in [0.15, 0.2) is 0 Å². The molecular weight excluding hydrogens is 224 g/mol. The summed E-state index contributed by atoms with van der Waals surface area (Å²) in [5.41, 5.74) is 0.798. The van der Waals surface area contributed by atoms with E-state index in [-0.39, 0.29) is 6.42 Å². The molecule has 0 aromatic heterocycles. The molecule has 0 spiro atoms. The quantitative estimate of drug-likeness (QED) is 0.439. The summed E-state index contributed by atoms with van der Waals surface area (Å²) in [6, 6.07) is 0. The first-order chi connectivity index (χ1) is 8.01. The van der Waals surface area contributed by atoms with Crippen LogP contribution in [0, 0.1) is 0 Å². The number of carbonyl (C=O) groups is 2. The summed E-state index contributed by atoms with van der Waals surface area (Å²) in [7, 11) is 0. The van der Waals surface area contributed by atoms with E-state index in [1.165, 1.54) is 0 Å². The zero-order valence-corrected chi connectivity index (χ0v) is 10.6. The lowest BCUT2D eigenvalue weighted by Gasteiger charge is -2.12. The molecule has 0 fully saturated rings. The third-order valence-corrected chi connectivity index (χ3v) is 2.14. The van der Waals surface area contributed by atoms with Crippen LogP contribution in [0.5, 0.6) is 0 Å². The zero-order valence-electron chi connectivity index (χ0n) is 10.6. The number of carbonyl (C=O) groups excluding carboxylic acids is 2. The smallest absolute Gasteiger partial charge is 0.358 e. The topological polar surface area (TPSA) is 72.8 Å². The highest BCUT2D eigenvalue weighted by molar-refractivity contribution is 5.72. The molecule has 0 radical (unpaired) electrons. The van der Waals surface area contributed by atoms with E-state index in [1.54, 1.807) is 0 Å². The normalized spacial score (nSPS) is 13.1. The average Bonchev–Trinajstić information content (AvgIpc) is 2.27. The number of rotatable bonds is 6. The van der Waals surface area contributed by atoms with Crippen molar-refractivity contribution >= 4 is 11.9 Å². The highest BCUT2D eigenvalue weighted by atomic mass is 17.2. The van der Waals surface area contributed by atoms with Gasteiger partial charge < -0.3 is 5.11 Å². The minimum atomic E-state index is -0.880. The molecule has 0 aliphatic carbocycles. The zero-order chi connectivity index (χ0) is 13.3. The van der Waals surface area contributed by atoms with E-state index < -0.39 is 18.0 Å². The van der Waals surface area contributed by atoms with E-state index in [2.05, 4.69) is 9.78 Å². The molecule has 0 saturated carbocycles. The lowest BCUT2D eigenvalue weighted by molar-refractivity contribution is -0.258. The van der Waals surface area contributed by atoms with Crippen molar-refractivity contribution in [3.05, 3.63) is 11.6 Å². The van der Waals surface area contributed by atoms with Crippen molar-refractivity contribution in [1.29, 1.82) is 0 Å². The second kappa shape index (κ2) is 8.75. The fourth-order valence-electron chi connectivity index (χ4n) is 1.27. The molecule has 0 aliphatic heterocycles. The molecule has 0 aromatic carbocycles. The van der Waals surface area contributed by atoms with Crippen molar-refractivity contribution in [3.63, 3.8) is 0 Å². The van der Waals surface area contributed by atoms with Gasteiger partial charge in [-0.25, -0.2) is 19.4 Å².